The zero-order valence-corrected chi connectivity index (χ0v) is 18.3. The Morgan fingerprint density at radius 3 is 1.79 bits per heavy atom. The molecule has 0 saturated heterocycles. The van der Waals surface area contributed by atoms with E-state index in [1.807, 2.05) is 24.3 Å². The van der Waals surface area contributed by atoms with Crippen molar-refractivity contribution in [2.24, 2.45) is 0 Å². The average Bonchev–Trinajstić information content (AvgIpc) is 3.11. The highest BCUT2D eigenvalue weighted by Crippen LogP contribution is 2.37. The van der Waals surface area contributed by atoms with E-state index in [9.17, 15) is 9.90 Å². The lowest BCUT2D eigenvalue weighted by Gasteiger charge is -2.08. The smallest absolute Gasteiger partial charge is 0.316 e. The first-order chi connectivity index (χ1) is 13.8. The van der Waals surface area contributed by atoms with Gasteiger partial charge in [0.15, 0.2) is 5.76 Å². The Balaban J connectivity index is 2.04. The molecule has 1 heterocycles. The van der Waals surface area contributed by atoms with E-state index in [2.05, 4.69) is 56.9 Å². The number of rotatable bonds is 7. The summed E-state index contributed by atoms with van der Waals surface area (Å²) in [4.78, 5) is 15.9. The molecule has 0 radical (unpaired) electrons. The van der Waals surface area contributed by atoms with Crippen LogP contribution in [0.1, 0.15) is 57.6 Å². The molecule has 0 amide bonds. The third-order valence-corrected chi connectivity index (χ3v) is 5.85. The fourth-order valence-corrected chi connectivity index (χ4v) is 3.67. The molecule has 5 heteroatoms. The second-order valence-corrected chi connectivity index (χ2v) is 9.10. The highest BCUT2D eigenvalue weighted by atomic mass is 32.2. The summed E-state index contributed by atoms with van der Waals surface area (Å²) in [6, 6.07) is 16.6. The molecule has 1 unspecified atom stereocenters. The molecule has 3 aromatic rings. The Morgan fingerprint density at radius 1 is 0.862 bits per heavy atom. The van der Waals surface area contributed by atoms with Gasteiger partial charge < -0.3 is 9.52 Å². The number of benzene rings is 2. The fourth-order valence-electron chi connectivity index (χ4n) is 2.99. The highest BCUT2D eigenvalue weighted by Gasteiger charge is 2.21. The number of aliphatic carboxylic acids is 1. The summed E-state index contributed by atoms with van der Waals surface area (Å²) in [6.07, 6.45) is 0. The van der Waals surface area contributed by atoms with Crippen molar-refractivity contribution in [1.82, 2.24) is 4.98 Å². The average molecular weight is 410 g/mol. The number of carbonyl (C=O) groups is 1. The molecule has 0 fully saturated rings. The minimum absolute atomic E-state index is 0.366. The van der Waals surface area contributed by atoms with Crippen LogP contribution in [0.4, 0.5) is 0 Å². The Morgan fingerprint density at radius 2 is 1.34 bits per heavy atom. The van der Waals surface area contributed by atoms with Gasteiger partial charge in [-0.15, -0.1) is 0 Å². The topological polar surface area (TPSA) is 63.3 Å². The van der Waals surface area contributed by atoms with Crippen LogP contribution in [-0.2, 0) is 4.79 Å². The van der Waals surface area contributed by atoms with E-state index in [1.165, 1.54) is 11.1 Å². The minimum Gasteiger partial charge on any atom is -0.480 e. The van der Waals surface area contributed by atoms with E-state index in [0.717, 1.165) is 28.6 Å². The van der Waals surface area contributed by atoms with Crippen LogP contribution < -0.4 is 0 Å². The van der Waals surface area contributed by atoms with Crippen LogP contribution >= 0.6 is 11.8 Å². The van der Waals surface area contributed by atoms with Crippen LogP contribution in [0.3, 0.4) is 0 Å². The molecule has 1 atom stereocenters. The molecule has 0 saturated carbocycles. The number of carboxylic acid groups (broad SMARTS) is 1. The maximum atomic E-state index is 11.2. The molecule has 1 aromatic heterocycles. The highest BCUT2D eigenvalue weighted by molar-refractivity contribution is 8.00. The molecule has 0 aliphatic carbocycles. The standard InChI is InChI=1S/C24H27NO3S/c1-14(2)17-6-10-19(11-7-17)21-22(20-12-8-18(9-13-20)15(3)4)28-24(25-21)29-16(5)23(26)27/h6-16H,1-5H3,(H,26,27). The van der Waals surface area contributed by atoms with E-state index in [1.54, 1.807) is 6.92 Å². The van der Waals surface area contributed by atoms with Crippen LogP contribution in [0.25, 0.3) is 22.6 Å². The number of nitrogens with zero attached hydrogens (tertiary/aromatic N) is 1. The Bertz CT molecular complexity index is 903. The van der Waals surface area contributed by atoms with E-state index in [4.69, 9.17) is 4.42 Å². The summed E-state index contributed by atoms with van der Waals surface area (Å²) in [5.41, 5.74) is 5.13. The molecule has 3 rings (SSSR count). The minimum atomic E-state index is -0.890. The monoisotopic (exact) mass is 409 g/mol. The van der Waals surface area contributed by atoms with Gasteiger partial charge in [-0.3, -0.25) is 4.79 Å². The largest absolute Gasteiger partial charge is 0.480 e. The predicted octanol–water partition coefficient (Wildman–Crippen LogP) is 6.82. The van der Waals surface area contributed by atoms with Gasteiger partial charge in [-0.05, 0) is 29.9 Å². The lowest BCUT2D eigenvalue weighted by atomic mass is 9.98. The van der Waals surface area contributed by atoms with Crippen molar-refractivity contribution in [2.75, 3.05) is 0 Å². The zero-order chi connectivity index (χ0) is 21.1. The Hall–Kier alpha value is -2.53. The normalized spacial score (nSPS) is 12.5. The van der Waals surface area contributed by atoms with Gasteiger partial charge >= 0.3 is 5.97 Å². The summed E-state index contributed by atoms with van der Waals surface area (Å²) in [7, 11) is 0. The van der Waals surface area contributed by atoms with Crippen molar-refractivity contribution in [1.29, 1.82) is 0 Å². The molecule has 1 N–H and O–H groups in total. The predicted molar refractivity (Wildman–Crippen MR) is 119 cm³/mol. The van der Waals surface area contributed by atoms with Crippen molar-refractivity contribution in [3.63, 3.8) is 0 Å². The van der Waals surface area contributed by atoms with Gasteiger partial charge in [0.05, 0.1) is 0 Å². The molecule has 0 aliphatic heterocycles. The number of oxazole rings is 1. The van der Waals surface area contributed by atoms with E-state index < -0.39 is 11.2 Å². The second-order valence-electron chi connectivity index (χ2n) is 7.81. The van der Waals surface area contributed by atoms with Crippen LogP contribution in [0.15, 0.2) is 58.2 Å². The van der Waals surface area contributed by atoms with Crippen LogP contribution in [0.2, 0.25) is 0 Å². The van der Waals surface area contributed by atoms with Gasteiger partial charge in [-0.1, -0.05) is 88.0 Å². The number of carboxylic acids is 1. The first-order valence-corrected chi connectivity index (χ1v) is 10.7. The van der Waals surface area contributed by atoms with Crippen molar-refractivity contribution < 1.29 is 14.3 Å². The van der Waals surface area contributed by atoms with E-state index in [-0.39, 0.29) is 0 Å². The van der Waals surface area contributed by atoms with Crippen LogP contribution in [-0.4, -0.2) is 21.3 Å². The maximum Gasteiger partial charge on any atom is 0.316 e. The number of hydrogen-bond donors (Lipinski definition) is 1. The Labute approximate surface area is 176 Å². The number of aromatic nitrogens is 1. The summed E-state index contributed by atoms with van der Waals surface area (Å²) in [5.74, 6) is 0.674. The molecule has 0 spiro atoms. The van der Waals surface area contributed by atoms with Crippen molar-refractivity contribution in [2.45, 2.75) is 56.9 Å². The van der Waals surface area contributed by atoms with E-state index >= 15 is 0 Å². The number of hydrogen-bond acceptors (Lipinski definition) is 4. The lowest BCUT2D eigenvalue weighted by molar-refractivity contribution is -0.136. The van der Waals surface area contributed by atoms with Gasteiger partial charge in [0.1, 0.15) is 10.9 Å². The summed E-state index contributed by atoms with van der Waals surface area (Å²) in [6.45, 7) is 10.3. The van der Waals surface area contributed by atoms with Crippen molar-refractivity contribution >= 4 is 17.7 Å². The SMILES string of the molecule is CC(Sc1nc(-c2ccc(C(C)C)cc2)c(-c2ccc(C(C)C)cc2)o1)C(=O)O. The fraction of sp³-hybridized carbons (Fsp3) is 0.333. The maximum absolute atomic E-state index is 11.2. The van der Waals surface area contributed by atoms with Gasteiger partial charge in [0, 0.05) is 11.1 Å². The molecule has 0 aliphatic rings. The third-order valence-electron chi connectivity index (χ3n) is 4.92. The van der Waals surface area contributed by atoms with Crippen molar-refractivity contribution in [3.8, 4) is 22.6 Å². The molecule has 29 heavy (non-hydrogen) atoms. The molecule has 2 aromatic carbocycles. The van der Waals surface area contributed by atoms with Gasteiger partial charge in [-0.25, -0.2) is 4.98 Å². The van der Waals surface area contributed by atoms with Crippen molar-refractivity contribution in [3.05, 3.63) is 59.7 Å². The molecule has 4 nitrogen and oxygen atoms in total. The Kier molecular flexibility index (Phi) is 6.48. The molecule has 152 valence electrons. The molecule has 0 bridgehead atoms. The first-order valence-electron chi connectivity index (χ1n) is 9.87. The molecular formula is C24H27NO3S. The first kappa shape index (κ1) is 21.2. The van der Waals surface area contributed by atoms with Gasteiger partial charge in [0.25, 0.3) is 5.22 Å². The van der Waals surface area contributed by atoms with Crippen LogP contribution in [0.5, 0.6) is 0 Å². The second kappa shape index (κ2) is 8.87. The lowest BCUT2D eigenvalue weighted by Crippen LogP contribution is -2.10. The summed E-state index contributed by atoms with van der Waals surface area (Å²) in [5, 5.41) is 8.96. The summed E-state index contributed by atoms with van der Waals surface area (Å²) >= 11 is 1.11. The van der Waals surface area contributed by atoms with Crippen LogP contribution in [0, 0.1) is 0 Å². The zero-order valence-electron chi connectivity index (χ0n) is 17.5. The summed E-state index contributed by atoms with van der Waals surface area (Å²) < 4.78 is 6.04. The third kappa shape index (κ3) is 4.91. The number of thioether (sulfide) groups is 1. The van der Waals surface area contributed by atoms with E-state index in [0.29, 0.717) is 22.8 Å². The molecular weight excluding hydrogens is 382 g/mol. The quantitative estimate of drug-likeness (QED) is 0.434. The van der Waals surface area contributed by atoms with Gasteiger partial charge in [0.2, 0.25) is 0 Å². The van der Waals surface area contributed by atoms with Gasteiger partial charge in [-0.2, -0.15) is 0 Å².